The fourth-order valence-corrected chi connectivity index (χ4v) is 2.20. The molecule has 0 aliphatic carbocycles. The molecule has 1 heterocycles. The van der Waals surface area contributed by atoms with Gasteiger partial charge < -0.3 is 5.11 Å². The molecule has 1 atom stereocenters. The Morgan fingerprint density at radius 1 is 1.22 bits per heavy atom. The summed E-state index contributed by atoms with van der Waals surface area (Å²) in [4.78, 5) is 4.19. The molecule has 0 amide bonds. The van der Waals surface area contributed by atoms with Crippen LogP contribution < -0.4 is 0 Å². The Hall–Kier alpha value is -1.68. The molecule has 0 saturated carbocycles. The van der Waals surface area contributed by atoms with Crippen molar-refractivity contribution < 1.29 is 5.11 Å². The summed E-state index contributed by atoms with van der Waals surface area (Å²) in [6.45, 7) is 6.87. The first-order valence-corrected chi connectivity index (χ1v) is 6.23. The molecule has 1 aromatic heterocycles. The van der Waals surface area contributed by atoms with Crippen LogP contribution in [0.15, 0.2) is 24.5 Å². The second-order valence-electron chi connectivity index (χ2n) is 4.63. The highest BCUT2D eigenvalue weighted by Gasteiger charge is 2.13. The Bertz CT molecular complexity index is 513. The molecule has 0 spiro atoms. The third-order valence-electron chi connectivity index (χ3n) is 3.00. The van der Waals surface area contributed by atoms with Gasteiger partial charge in [0.15, 0.2) is 0 Å². The summed E-state index contributed by atoms with van der Waals surface area (Å²) < 4.78 is 1.81. The standard InChI is InChI=1S/C14H19N3O/c1-4-17-14(15-9-16-17)8-13(18)12-6-10(2)5-11(3)7-12/h5-7,9,13,18H,4,8H2,1-3H3. The van der Waals surface area contributed by atoms with Gasteiger partial charge in [-0.05, 0) is 26.3 Å². The molecule has 4 nitrogen and oxygen atoms in total. The summed E-state index contributed by atoms with van der Waals surface area (Å²) in [6.07, 6.45) is 1.50. The van der Waals surface area contributed by atoms with Crippen LogP contribution in [-0.4, -0.2) is 19.9 Å². The van der Waals surface area contributed by atoms with Gasteiger partial charge in [-0.1, -0.05) is 29.3 Å². The van der Waals surface area contributed by atoms with Gasteiger partial charge in [0.05, 0.1) is 6.10 Å². The molecule has 0 bridgehead atoms. The van der Waals surface area contributed by atoms with E-state index in [2.05, 4.69) is 16.1 Å². The lowest BCUT2D eigenvalue weighted by Crippen LogP contribution is -2.09. The predicted molar refractivity (Wildman–Crippen MR) is 70.3 cm³/mol. The molecule has 4 heteroatoms. The summed E-state index contributed by atoms with van der Waals surface area (Å²) in [5.41, 5.74) is 3.28. The molecule has 1 unspecified atom stereocenters. The van der Waals surface area contributed by atoms with Crippen LogP contribution in [0, 0.1) is 13.8 Å². The smallest absolute Gasteiger partial charge is 0.138 e. The predicted octanol–water partition coefficient (Wildman–Crippen LogP) is 2.19. The maximum Gasteiger partial charge on any atom is 0.138 e. The van der Waals surface area contributed by atoms with Crippen molar-refractivity contribution in [3.05, 3.63) is 47.0 Å². The molecule has 0 aliphatic rings. The lowest BCUT2D eigenvalue weighted by atomic mass is 10.0. The summed E-state index contributed by atoms with van der Waals surface area (Å²) in [7, 11) is 0. The topological polar surface area (TPSA) is 50.9 Å². The van der Waals surface area contributed by atoms with Crippen LogP contribution in [0.2, 0.25) is 0 Å². The van der Waals surface area contributed by atoms with E-state index >= 15 is 0 Å². The van der Waals surface area contributed by atoms with E-state index in [1.165, 1.54) is 17.5 Å². The van der Waals surface area contributed by atoms with E-state index in [1.54, 1.807) is 0 Å². The summed E-state index contributed by atoms with van der Waals surface area (Å²) in [5.74, 6) is 0.823. The molecule has 0 saturated heterocycles. The fourth-order valence-electron chi connectivity index (χ4n) is 2.20. The number of nitrogens with zero attached hydrogens (tertiary/aromatic N) is 3. The van der Waals surface area contributed by atoms with Crippen molar-refractivity contribution in [1.82, 2.24) is 14.8 Å². The highest BCUT2D eigenvalue weighted by atomic mass is 16.3. The molecule has 2 aromatic rings. The third kappa shape index (κ3) is 2.76. The number of aromatic nitrogens is 3. The number of aliphatic hydroxyl groups excluding tert-OH is 1. The number of hydrogen-bond donors (Lipinski definition) is 1. The van der Waals surface area contributed by atoms with Crippen molar-refractivity contribution >= 4 is 0 Å². The van der Waals surface area contributed by atoms with E-state index < -0.39 is 6.10 Å². The second kappa shape index (κ2) is 5.31. The Kier molecular flexibility index (Phi) is 3.77. The molecule has 2 rings (SSSR count). The fraction of sp³-hybridized carbons (Fsp3) is 0.429. The highest BCUT2D eigenvalue weighted by molar-refractivity contribution is 5.30. The maximum absolute atomic E-state index is 10.3. The third-order valence-corrected chi connectivity index (χ3v) is 3.00. The van der Waals surface area contributed by atoms with Gasteiger partial charge in [0.1, 0.15) is 12.2 Å². The molecular formula is C14H19N3O. The zero-order valence-electron chi connectivity index (χ0n) is 11.1. The molecule has 0 radical (unpaired) electrons. The summed E-state index contributed by atoms with van der Waals surface area (Å²) >= 11 is 0. The van der Waals surface area contributed by atoms with E-state index in [1.807, 2.05) is 37.6 Å². The van der Waals surface area contributed by atoms with Gasteiger partial charge in [-0.2, -0.15) is 5.10 Å². The average molecular weight is 245 g/mol. The highest BCUT2D eigenvalue weighted by Crippen LogP contribution is 2.20. The SMILES string of the molecule is CCn1ncnc1CC(O)c1cc(C)cc(C)c1. The molecule has 0 aliphatic heterocycles. The molecule has 18 heavy (non-hydrogen) atoms. The molecule has 96 valence electrons. The Morgan fingerprint density at radius 3 is 2.50 bits per heavy atom. The van der Waals surface area contributed by atoms with Gasteiger partial charge in [0.25, 0.3) is 0 Å². The number of rotatable bonds is 4. The van der Waals surface area contributed by atoms with Crippen molar-refractivity contribution in [2.75, 3.05) is 0 Å². The average Bonchev–Trinajstić information content (AvgIpc) is 2.75. The van der Waals surface area contributed by atoms with Crippen molar-refractivity contribution in [1.29, 1.82) is 0 Å². The Labute approximate surface area is 107 Å². The van der Waals surface area contributed by atoms with Gasteiger partial charge in [-0.3, -0.25) is 4.68 Å². The van der Waals surface area contributed by atoms with Crippen LogP contribution >= 0.6 is 0 Å². The van der Waals surface area contributed by atoms with Gasteiger partial charge in [-0.15, -0.1) is 0 Å². The van der Waals surface area contributed by atoms with Gasteiger partial charge in [0, 0.05) is 13.0 Å². The lowest BCUT2D eigenvalue weighted by molar-refractivity contribution is 0.174. The largest absolute Gasteiger partial charge is 0.388 e. The minimum atomic E-state index is -0.530. The van der Waals surface area contributed by atoms with E-state index in [-0.39, 0.29) is 0 Å². The number of aryl methyl sites for hydroxylation is 3. The summed E-state index contributed by atoms with van der Waals surface area (Å²) in [5, 5.41) is 14.4. The first-order valence-electron chi connectivity index (χ1n) is 6.23. The molecule has 0 fully saturated rings. The number of aliphatic hydroxyl groups is 1. The van der Waals surface area contributed by atoms with Crippen LogP contribution in [-0.2, 0) is 13.0 Å². The van der Waals surface area contributed by atoms with Gasteiger partial charge in [0.2, 0.25) is 0 Å². The quantitative estimate of drug-likeness (QED) is 0.898. The van der Waals surface area contributed by atoms with Crippen LogP contribution in [0.4, 0.5) is 0 Å². The zero-order valence-corrected chi connectivity index (χ0v) is 11.1. The number of benzene rings is 1. The minimum absolute atomic E-state index is 0.497. The molecule has 1 aromatic carbocycles. The normalized spacial score (nSPS) is 12.7. The second-order valence-corrected chi connectivity index (χ2v) is 4.63. The monoisotopic (exact) mass is 245 g/mol. The maximum atomic E-state index is 10.3. The zero-order chi connectivity index (χ0) is 13.1. The van der Waals surface area contributed by atoms with Crippen LogP contribution in [0.5, 0.6) is 0 Å². The van der Waals surface area contributed by atoms with E-state index in [9.17, 15) is 5.11 Å². The van der Waals surface area contributed by atoms with E-state index in [0.717, 1.165) is 17.9 Å². The van der Waals surface area contributed by atoms with Gasteiger partial charge in [-0.25, -0.2) is 4.98 Å². The minimum Gasteiger partial charge on any atom is -0.388 e. The van der Waals surface area contributed by atoms with Crippen molar-refractivity contribution in [3.8, 4) is 0 Å². The van der Waals surface area contributed by atoms with Crippen molar-refractivity contribution in [2.24, 2.45) is 0 Å². The molecular weight excluding hydrogens is 226 g/mol. The van der Waals surface area contributed by atoms with Crippen molar-refractivity contribution in [3.63, 3.8) is 0 Å². The van der Waals surface area contributed by atoms with Crippen molar-refractivity contribution in [2.45, 2.75) is 39.8 Å². The van der Waals surface area contributed by atoms with E-state index in [0.29, 0.717) is 6.42 Å². The Morgan fingerprint density at radius 2 is 1.89 bits per heavy atom. The summed E-state index contributed by atoms with van der Waals surface area (Å²) in [6, 6.07) is 6.14. The molecule has 1 N–H and O–H groups in total. The Balaban J connectivity index is 2.19. The number of hydrogen-bond acceptors (Lipinski definition) is 3. The first kappa shape index (κ1) is 12.8. The van der Waals surface area contributed by atoms with Gasteiger partial charge >= 0.3 is 0 Å². The van der Waals surface area contributed by atoms with E-state index in [4.69, 9.17) is 0 Å². The first-order chi connectivity index (χ1) is 8.60. The van der Waals surface area contributed by atoms with Crippen LogP contribution in [0.3, 0.4) is 0 Å². The lowest BCUT2D eigenvalue weighted by Gasteiger charge is -2.12. The van der Waals surface area contributed by atoms with Crippen LogP contribution in [0.1, 0.15) is 35.5 Å². The van der Waals surface area contributed by atoms with Crippen LogP contribution in [0.25, 0.3) is 0 Å².